The highest BCUT2D eigenvalue weighted by Crippen LogP contribution is 2.38. The molecule has 0 amide bonds. The molecule has 27 heavy (non-hydrogen) atoms. The number of aliphatic hydroxyl groups is 1. The van der Waals surface area contributed by atoms with Gasteiger partial charge in [-0.05, 0) is 29.7 Å². The fourth-order valence-corrected chi connectivity index (χ4v) is 3.56. The number of rotatable bonds is 2. The largest absolute Gasteiger partial charge is 0.373 e. The molecular weight excluding hydrogens is 338 g/mol. The van der Waals surface area contributed by atoms with Gasteiger partial charge in [0.05, 0.1) is 19.1 Å². The van der Waals surface area contributed by atoms with Gasteiger partial charge in [0.25, 0.3) is 0 Å². The van der Waals surface area contributed by atoms with Crippen LogP contribution in [0.3, 0.4) is 0 Å². The van der Waals surface area contributed by atoms with E-state index in [9.17, 15) is 9.90 Å². The third-order valence-corrected chi connectivity index (χ3v) is 5.03. The van der Waals surface area contributed by atoms with E-state index in [2.05, 4.69) is 11.8 Å². The first-order valence-electron chi connectivity index (χ1n) is 9.01. The Balaban J connectivity index is 1.84. The molecule has 0 radical (unpaired) electrons. The number of hydrogen-bond acceptors (Lipinski definition) is 4. The zero-order valence-corrected chi connectivity index (χ0v) is 15.1. The lowest BCUT2D eigenvalue weighted by Crippen LogP contribution is -2.48. The van der Waals surface area contributed by atoms with Crippen LogP contribution in [0.5, 0.6) is 0 Å². The van der Waals surface area contributed by atoms with Crippen LogP contribution in [0.4, 0.5) is 0 Å². The summed E-state index contributed by atoms with van der Waals surface area (Å²) in [6, 6.07) is 15.0. The van der Waals surface area contributed by atoms with Crippen LogP contribution < -0.4 is 5.73 Å². The maximum atomic E-state index is 13.5. The topological polar surface area (TPSA) is 72.6 Å². The summed E-state index contributed by atoms with van der Waals surface area (Å²) in [4.78, 5) is 13.5. The molecule has 1 aliphatic carbocycles. The SMILES string of the molecule is C[C@H](N)C1=Cc2cccc(C#CC3(O)COC3)c2C(=O)C1c1ccccc1. The van der Waals surface area contributed by atoms with E-state index in [4.69, 9.17) is 10.5 Å². The van der Waals surface area contributed by atoms with E-state index in [1.807, 2.05) is 61.5 Å². The van der Waals surface area contributed by atoms with E-state index in [0.717, 1.165) is 16.7 Å². The van der Waals surface area contributed by atoms with E-state index in [-0.39, 0.29) is 25.0 Å². The maximum Gasteiger partial charge on any atom is 0.176 e. The Morgan fingerprint density at radius 3 is 2.56 bits per heavy atom. The number of benzene rings is 2. The van der Waals surface area contributed by atoms with Gasteiger partial charge in [-0.3, -0.25) is 4.79 Å². The molecule has 2 atom stereocenters. The molecule has 2 aromatic carbocycles. The van der Waals surface area contributed by atoms with Crippen molar-refractivity contribution in [2.75, 3.05) is 13.2 Å². The van der Waals surface area contributed by atoms with Gasteiger partial charge < -0.3 is 15.6 Å². The number of carbonyl (C=O) groups is 1. The maximum absolute atomic E-state index is 13.5. The zero-order chi connectivity index (χ0) is 19.0. The lowest BCUT2D eigenvalue weighted by Gasteiger charge is -2.31. The summed E-state index contributed by atoms with van der Waals surface area (Å²) >= 11 is 0. The molecule has 0 spiro atoms. The molecule has 0 aromatic heterocycles. The first kappa shape index (κ1) is 17.7. The first-order chi connectivity index (χ1) is 13.0. The van der Waals surface area contributed by atoms with Crippen molar-refractivity contribution in [2.45, 2.75) is 24.5 Å². The van der Waals surface area contributed by atoms with Gasteiger partial charge in [-0.1, -0.05) is 60.4 Å². The van der Waals surface area contributed by atoms with Gasteiger partial charge in [-0.15, -0.1) is 0 Å². The molecular formula is C23H21NO3. The lowest BCUT2D eigenvalue weighted by molar-refractivity contribution is -0.140. The molecule has 1 unspecified atom stereocenters. The van der Waals surface area contributed by atoms with Crippen molar-refractivity contribution in [1.29, 1.82) is 0 Å². The molecule has 4 nitrogen and oxygen atoms in total. The highest BCUT2D eigenvalue weighted by atomic mass is 16.5. The van der Waals surface area contributed by atoms with Gasteiger partial charge in [-0.2, -0.15) is 0 Å². The average molecular weight is 359 g/mol. The van der Waals surface area contributed by atoms with Crippen molar-refractivity contribution >= 4 is 11.9 Å². The number of Topliss-reactive ketones (excluding diaryl/α,β-unsaturated/α-hetero) is 1. The summed E-state index contributed by atoms with van der Waals surface area (Å²) < 4.78 is 5.03. The second-order valence-corrected chi connectivity index (χ2v) is 7.19. The molecule has 2 aromatic rings. The fraction of sp³-hybridized carbons (Fsp3) is 0.261. The Bertz CT molecular complexity index is 976. The quantitative estimate of drug-likeness (QED) is 0.808. The Kier molecular flexibility index (Phi) is 4.45. The molecule has 2 aliphatic rings. The number of ether oxygens (including phenoxy) is 1. The van der Waals surface area contributed by atoms with Gasteiger partial charge in [0.2, 0.25) is 0 Å². The molecule has 4 rings (SSSR count). The minimum Gasteiger partial charge on any atom is -0.373 e. The standard InChI is InChI=1S/C23H21NO3/c1-15(24)19-12-18-9-5-8-17(10-11-23(26)13-27-14-23)20(18)22(25)21(19)16-6-3-2-4-7-16/h2-9,12,15,21,26H,13-14,24H2,1H3/t15-,21?/m0/s1. The van der Waals surface area contributed by atoms with Crippen LogP contribution in [0, 0.1) is 11.8 Å². The molecule has 0 saturated carbocycles. The zero-order valence-electron chi connectivity index (χ0n) is 15.1. The molecule has 3 N–H and O–H groups in total. The third kappa shape index (κ3) is 3.22. The Morgan fingerprint density at radius 2 is 1.93 bits per heavy atom. The molecule has 136 valence electrons. The summed E-state index contributed by atoms with van der Waals surface area (Å²) in [6.45, 7) is 2.30. The van der Waals surface area contributed by atoms with Crippen LogP contribution in [0.2, 0.25) is 0 Å². The smallest absolute Gasteiger partial charge is 0.176 e. The molecule has 1 heterocycles. The van der Waals surface area contributed by atoms with Crippen molar-refractivity contribution < 1.29 is 14.6 Å². The van der Waals surface area contributed by atoms with Crippen LogP contribution in [0.15, 0.2) is 54.1 Å². The predicted molar refractivity (Wildman–Crippen MR) is 104 cm³/mol. The van der Waals surface area contributed by atoms with Crippen molar-refractivity contribution in [1.82, 2.24) is 0 Å². The van der Waals surface area contributed by atoms with E-state index in [1.165, 1.54) is 0 Å². The Labute approximate surface area is 158 Å². The van der Waals surface area contributed by atoms with Crippen molar-refractivity contribution in [2.24, 2.45) is 5.73 Å². The molecule has 0 bridgehead atoms. The molecule has 1 aliphatic heterocycles. The van der Waals surface area contributed by atoms with E-state index in [0.29, 0.717) is 11.1 Å². The highest BCUT2D eigenvalue weighted by Gasteiger charge is 2.35. The minimum absolute atomic E-state index is 0.00671. The van der Waals surface area contributed by atoms with E-state index >= 15 is 0 Å². The van der Waals surface area contributed by atoms with Crippen LogP contribution in [-0.2, 0) is 4.74 Å². The van der Waals surface area contributed by atoms with E-state index in [1.54, 1.807) is 0 Å². The normalized spacial score (nSPS) is 21.2. The summed E-state index contributed by atoms with van der Waals surface area (Å²) in [5.41, 5.74) is 8.94. The third-order valence-electron chi connectivity index (χ3n) is 5.03. The molecule has 4 heteroatoms. The molecule has 1 fully saturated rings. The average Bonchev–Trinajstić information content (AvgIpc) is 2.65. The fourth-order valence-electron chi connectivity index (χ4n) is 3.56. The van der Waals surface area contributed by atoms with Crippen LogP contribution in [0.25, 0.3) is 6.08 Å². The number of nitrogens with two attached hydrogens (primary N) is 1. The Hall–Kier alpha value is -2.71. The summed E-state index contributed by atoms with van der Waals surface area (Å²) in [7, 11) is 0. The number of ketones is 1. The lowest BCUT2D eigenvalue weighted by atomic mass is 9.75. The summed E-state index contributed by atoms with van der Waals surface area (Å²) in [5, 5.41) is 10.2. The summed E-state index contributed by atoms with van der Waals surface area (Å²) in [6.07, 6.45) is 2.01. The van der Waals surface area contributed by atoms with Gasteiger partial charge in [0.15, 0.2) is 11.4 Å². The second kappa shape index (κ2) is 6.79. The number of carbonyl (C=O) groups excluding carboxylic acids is 1. The van der Waals surface area contributed by atoms with Gasteiger partial charge in [0, 0.05) is 17.2 Å². The monoisotopic (exact) mass is 359 g/mol. The second-order valence-electron chi connectivity index (χ2n) is 7.19. The van der Waals surface area contributed by atoms with Crippen molar-refractivity contribution in [3.8, 4) is 11.8 Å². The number of fused-ring (bicyclic) bond motifs is 1. The summed E-state index contributed by atoms with van der Waals surface area (Å²) in [5.74, 6) is 5.43. The van der Waals surface area contributed by atoms with Crippen LogP contribution in [-0.4, -0.2) is 35.7 Å². The van der Waals surface area contributed by atoms with Crippen LogP contribution >= 0.6 is 0 Å². The highest BCUT2D eigenvalue weighted by molar-refractivity contribution is 6.10. The first-order valence-corrected chi connectivity index (χ1v) is 9.01. The molecule has 1 saturated heterocycles. The Morgan fingerprint density at radius 1 is 1.19 bits per heavy atom. The van der Waals surface area contributed by atoms with Gasteiger partial charge >= 0.3 is 0 Å². The van der Waals surface area contributed by atoms with Gasteiger partial charge in [0.1, 0.15) is 0 Å². The van der Waals surface area contributed by atoms with Crippen molar-refractivity contribution in [3.05, 3.63) is 76.4 Å². The number of hydrogen-bond donors (Lipinski definition) is 2. The predicted octanol–water partition coefficient (Wildman–Crippen LogP) is 2.51. The van der Waals surface area contributed by atoms with Gasteiger partial charge in [-0.25, -0.2) is 0 Å². The van der Waals surface area contributed by atoms with Crippen LogP contribution in [0.1, 0.15) is 39.9 Å². The van der Waals surface area contributed by atoms with E-state index < -0.39 is 11.5 Å². The minimum atomic E-state index is -1.12. The van der Waals surface area contributed by atoms with Crippen molar-refractivity contribution in [3.63, 3.8) is 0 Å².